The predicted molar refractivity (Wildman–Crippen MR) is 39.9 cm³/mol. The van der Waals surface area contributed by atoms with Gasteiger partial charge in [0.1, 0.15) is 0 Å². The average molecular weight is 215 g/mol. The lowest BCUT2D eigenvalue weighted by molar-refractivity contribution is 1.26. The maximum absolute atomic E-state index is 3.87. The Hall–Kier alpha value is 0.620. The molecule has 36 valence electrons. The minimum absolute atomic E-state index is 1.07. The van der Waals surface area contributed by atoms with Crippen LogP contribution in [0.4, 0.5) is 0 Å². The second kappa shape index (κ2) is 3.80. The van der Waals surface area contributed by atoms with Gasteiger partial charge in [0, 0.05) is 5.70 Å². The van der Waals surface area contributed by atoms with Gasteiger partial charge in [0.15, 0.2) is 0 Å². The molecule has 0 aromatic heterocycles. The monoisotopic (exact) mass is 215 g/mol. The van der Waals surface area contributed by atoms with Gasteiger partial charge in [0.05, 0.1) is 22.9 Å². The lowest BCUT2D eigenvalue weighted by Crippen LogP contribution is -1.88. The molecule has 6 heavy (non-hydrogen) atoms. The summed E-state index contributed by atoms with van der Waals surface area (Å²) in [6.45, 7) is 1.94. The van der Waals surface area contributed by atoms with Crippen LogP contribution in [0.25, 0.3) is 0 Å². The fraction of sp³-hybridized carbons (Fsp3) is 0.333. The van der Waals surface area contributed by atoms with Gasteiger partial charge >= 0.3 is 0 Å². The first-order valence-electron chi connectivity index (χ1n) is 1.49. The van der Waals surface area contributed by atoms with Gasteiger partial charge in [-0.15, -0.1) is 12.6 Å². The Balaban J connectivity index is 3.22. The number of hydrogen-bond donors (Lipinski definition) is 2. The van der Waals surface area contributed by atoms with E-state index in [2.05, 4.69) is 16.2 Å². The first kappa shape index (κ1) is 6.62. The number of thiol groups is 1. The molecule has 0 fully saturated rings. The second-order valence-electron chi connectivity index (χ2n) is 0.907. The van der Waals surface area contributed by atoms with Gasteiger partial charge < -0.3 is 3.53 Å². The summed E-state index contributed by atoms with van der Waals surface area (Å²) in [6.07, 6.45) is 0. The average Bonchev–Trinajstić information content (AvgIpc) is 1.65. The van der Waals surface area contributed by atoms with Gasteiger partial charge in [0.25, 0.3) is 0 Å². The minimum Gasteiger partial charge on any atom is -0.332 e. The van der Waals surface area contributed by atoms with Gasteiger partial charge in [-0.2, -0.15) is 0 Å². The molecule has 0 amide bonds. The van der Waals surface area contributed by atoms with E-state index in [1.165, 1.54) is 0 Å². The largest absolute Gasteiger partial charge is 0.332 e. The van der Waals surface area contributed by atoms with Crippen LogP contribution in [0.15, 0.2) is 11.1 Å². The Bertz CT molecular complexity index is 61.8. The molecule has 0 saturated carbocycles. The van der Waals surface area contributed by atoms with Crippen molar-refractivity contribution < 1.29 is 0 Å². The van der Waals surface area contributed by atoms with Crippen LogP contribution in [0, 0.1) is 0 Å². The van der Waals surface area contributed by atoms with Crippen LogP contribution >= 0.6 is 35.5 Å². The van der Waals surface area contributed by atoms with E-state index in [4.69, 9.17) is 0 Å². The van der Waals surface area contributed by atoms with Crippen molar-refractivity contribution in [2.75, 3.05) is 0 Å². The van der Waals surface area contributed by atoms with Crippen molar-refractivity contribution in [1.82, 2.24) is 3.53 Å². The van der Waals surface area contributed by atoms with E-state index in [9.17, 15) is 0 Å². The Morgan fingerprint density at radius 2 is 2.50 bits per heavy atom. The number of hydrogen-bond acceptors (Lipinski definition) is 2. The molecule has 0 aromatic carbocycles. The number of allylic oxidation sites excluding steroid dienone is 1. The van der Waals surface area contributed by atoms with Crippen LogP contribution in [0.3, 0.4) is 0 Å². The smallest absolute Gasteiger partial charge is 0.0557 e. The van der Waals surface area contributed by atoms with E-state index >= 15 is 0 Å². The number of halogens is 1. The van der Waals surface area contributed by atoms with Crippen molar-refractivity contribution in [3.63, 3.8) is 0 Å². The first-order valence-corrected chi connectivity index (χ1v) is 3.08. The molecule has 0 spiro atoms. The van der Waals surface area contributed by atoms with Crippen LogP contribution in [0.2, 0.25) is 0 Å². The van der Waals surface area contributed by atoms with Crippen molar-refractivity contribution in [2.45, 2.75) is 6.92 Å². The third kappa shape index (κ3) is 2.84. The highest BCUT2D eigenvalue weighted by Crippen LogP contribution is 1.89. The summed E-state index contributed by atoms with van der Waals surface area (Å²) in [7, 11) is 0. The topological polar surface area (TPSA) is 12.0 Å². The van der Waals surface area contributed by atoms with E-state index in [1.807, 2.05) is 29.8 Å². The molecule has 0 atom stereocenters. The molecular weight excluding hydrogens is 209 g/mol. The molecule has 0 aliphatic rings. The van der Waals surface area contributed by atoms with Crippen molar-refractivity contribution >= 4 is 35.5 Å². The Morgan fingerprint density at radius 3 is 2.50 bits per heavy atom. The lowest BCUT2D eigenvalue weighted by atomic mass is 10.6. The summed E-state index contributed by atoms with van der Waals surface area (Å²) in [5.74, 6) is 0. The van der Waals surface area contributed by atoms with Crippen LogP contribution in [-0.4, -0.2) is 0 Å². The molecule has 0 rings (SSSR count). The zero-order chi connectivity index (χ0) is 4.99. The zero-order valence-corrected chi connectivity index (χ0v) is 6.45. The third-order valence-electron chi connectivity index (χ3n) is 0.343. The molecule has 1 N–H and O–H groups in total. The highest BCUT2D eigenvalue weighted by atomic mass is 127. The fourth-order valence-electron chi connectivity index (χ4n) is 0.0244. The molecule has 0 bridgehead atoms. The molecule has 0 heterocycles. The summed E-state index contributed by atoms with van der Waals surface area (Å²) >= 11 is 5.91. The van der Waals surface area contributed by atoms with E-state index in [1.54, 1.807) is 5.41 Å². The van der Waals surface area contributed by atoms with E-state index < -0.39 is 0 Å². The van der Waals surface area contributed by atoms with Gasteiger partial charge in [-0.3, -0.25) is 0 Å². The SMILES string of the molecule is C/C(=C/S)NI. The van der Waals surface area contributed by atoms with E-state index in [-0.39, 0.29) is 0 Å². The fourth-order valence-corrected chi connectivity index (χ4v) is 0.491. The van der Waals surface area contributed by atoms with Gasteiger partial charge in [0.2, 0.25) is 0 Å². The highest BCUT2D eigenvalue weighted by molar-refractivity contribution is 14.1. The molecule has 3 heteroatoms. The molecular formula is C3H6INS. The van der Waals surface area contributed by atoms with Gasteiger partial charge in [-0.1, -0.05) is 0 Å². The van der Waals surface area contributed by atoms with Crippen LogP contribution < -0.4 is 3.53 Å². The maximum Gasteiger partial charge on any atom is 0.0557 e. The predicted octanol–water partition coefficient (Wildman–Crippen LogP) is 1.72. The quantitative estimate of drug-likeness (QED) is 0.385. The Labute approximate surface area is 57.1 Å². The number of rotatable bonds is 1. The second-order valence-corrected chi connectivity index (χ2v) is 1.70. The van der Waals surface area contributed by atoms with Crippen molar-refractivity contribution in [3.05, 3.63) is 11.1 Å². The molecule has 0 saturated heterocycles. The van der Waals surface area contributed by atoms with Gasteiger partial charge in [-0.05, 0) is 12.3 Å². The van der Waals surface area contributed by atoms with Crippen molar-refractivity contribution in [1.29, 1.82) is 0 Å². The van der Waals surface area contributed by atoms with Gasteiger partial charge in [-0.25, -0.2) is 0 Å². The summed E-state index contributed by atoms with van der Waals surface area (Å²) in [6, 6.07) is 0. The summed E-state index contributed by atoms with van der Waals surface area (Å²) in [5.41, 5.74) is 1.07. The maximum atomic E-state index is 3.87. The number of nitrogens with one attached hydrogen (secondary N) is 1. The molecule has 1 nitrogen and oxygen atoms in total. The summed E-state index contributed by atoms with van der Waals surface area (Å²) in [4.78, 5) is 0. The molecule has 0 unspecified atom stereocenters. The summed E-state index contributed by atoms with van der Waals surface area (Å²) in [5, 5.41) is 1.71. The Kier molecular flexibility index (Phi) is 4.19. The van der Waals surface area contributed by atoms with E-state index in [0.717, 1.165) is 5.70 Å². The standard InChI is InChI=1S/C3H6INS/c1-3(2-6)5-4/h2,5-6H,1H3/b3-2-. The van der Waals surface area contributed by atoms with Crippen molar-refractivity contribution in [2.24, 2.45) is 0 Å². The molecule has 0 aromatic rings. The zero-order valence-electron chi connectivity index (χ0n) is 3.40. The highest BCUT2D eigenvalue weighted by Gasteiger charge is 1.72. The van der Waals surface area contributed by atoms with E-state index in [0.29, 0.717) is 0 Å². The minimum atomic E-state index is 1.07. The lowest BCUT2D eigenvalue weighted by Gasteiger charge is -1.88. The van der Waals surface area contributed by atoms with Crippen LogP contribution in [-0.2, 0) is 0 Å². The third-order valence-corrected chi connectivity index (χ3v) is 1.58. The summed E-state index contributed by atoms with van der Waals surface area (Å²) < 4.78 is 2.87. The Morgan fingerprint density at radius 1 is 2.00 bits per heavy atom. The van der Waals surface area contributed by atoms with Crippen LogP contribution in [0.5, 0.6) is 0 Å². The normalized spacial score (nSPS) is 11.5. The molecule has 0 radical (unpaired) electrons. The molecule has 0 aliphatic carbocycles. The molecule has 0 aliphatic heterocycles. The van der Waals surface area contributed by atoms with Crippen LogP contribution in [0.1, 0.15) is 6.92 Å². The van der Waals surface area contributed by atoms with Crippen molar-refractivity contribution in [3.8, 4) is 0 Å². The first-order chi connectivity index (χ1) is 2.81.